The molecule has 7 heteroatoms. The molecule has 0 atom stereocenters. The maximum absolute atomic E-state index is 11.2. The van der Waals surface area contributed by atoms with Gasteiger partial charge in [0.1, 0.15) is 16.7 Å². The SMILES string of the molecule is COc1cc2nccc(Oc3ccc(NC(=O)[S-])c(C)c3C)c2cc1OC. The molecule has 1 amide bonds. The van der Waals surface area contributed by atoms with E-state index in [0.29, 0.717) is 28.7 Å². The molecule has 1 N–H and O–H groups in total. The van der Waals surface area contributed by atoms with Gasteiger partial charge in [-0.3, -0.25) is 4.98 Å². The molecular formula is C20H19N2O4S-. The first kappa shape index (κ1) is 18.7. The summed E-state index contributed by atoms with van der Waals surface area (Å²) < 4.78 is 16.9. The molecule has 1 aromatic heterocycles. The smallest absolute Gasteiger partial charge is 0.162 e. The summed E-state index contributed by atoms with van der Waals surface area (Å²) >= 11 is 4.59. The van der Waals surface area contributed by atoms with E-state index in [-0.39, 0.29) is 0 Å². The highest BCUT2D eigenvalue weighted by molar-refractivity contribution is 7.77. The highest BCUT2D eigenvalue weighted by atomic mass is 32.1. The highest BCUT2D eigenvalue weighted by Crippen LogP contribution is 2.38. The summed E-state index contributed by atoms with van der Waals surface area (Å²) in [5.41, 5.74) is 3.20. The Labute approximate surface area is 162 Å². The van der Waals surface area contributed by atoms with Gasteiger partial charge in [0.15, 0.2) is 11.5 Å². The van der Waals surface area contributed by atoms with Gasteiger partial charge < -0.3 is 37.0 Å². The van der Waals surface area contributed by atoms with Crippen LogP contribution in [-0.4, -0.2) is 24.4 Å². The molecule has 27 heavy (non-hydrogen) atoms. The molecule has 3 aromatic rings. The monoisotopic (exact) mass is 383 g/mol. The largest absolute Gasteiger partial charge is 0.719 e. The van der Waals surface area contributed by atoms with Gasteiger partial charge in [0, 0.05) is 23.3 Å². The second kappa shape index (κ2) is 7.67. The van der Waals surface area contributed by atoms with Crippen LogP contribution >= 0.6 is 0 Å². The molecule has 0 saturated carbocycles. The van der Waals surface area contributed by atoms with E-state index in [1.807, 2.05) is 19.9 Å². The molecule has 2 aromatic carbocycles. The van der Waals surface area contributed by atoms with Crippen LogP contribution < -0.4 is 19.5 Å². The number of methoxy groups -OCH3 is 2. The molecule has 0 saturated heterocycles. The van der Waals surface area contributed by atoms with Gasteiger partial charge in [-0.25, -0.2) is 0 Å². The molecule has 0 unspecified atom stereocenters. The summed E-state index contributed by atoms with van der Waals surface area (Å²) in [4.78, 5) is 15.5. The number of hydrogen-bond acceptors (Lipinski definition) is 6. The molecule has 6 nitrogen and oxygen atoms in total. The van der Waals surface area contributed by atoms with Gasteiger partial charge in [0.25, 0.3) is 0 Å². The van der Waals surface area contributed by atoms with Crippen molar-refractivity contribution in [2.75, 3.05) is 19.5 Å². The van der Waals surface area contributed by atoms with Gasteiger partial charge in [0.05, 0.1) is 19.7 Å². The van der Waals surface area contributed by atoms with Gasteiger partial charge in [-0.2, -0.15) is 0 Å². The summed E-state index contributed by atoms with van der Waals surface area (Å²) in [7, 11) is 3.17. The predicted molar refractivity (Wildman–Crippen MR) is 107 cm³/mol. The predicted octanol–water partition coefficient (Wildman–Crippen LogP) is 4.74. The van der Waals surface area contributed by atoms with Crippen LogP contribution in [0.1, 0.15) is 11.1 Å². The van der Waals surface area contributed by atoms with Crippen LogP contribution in [0.4, 0.5) is 10.5 Å². The van der Waals surface area contributed by atoms with Crippen molar-refractivity contribution in [2.24, 2.45) is 0 Å². The molecule has 0 aliphatic rings. The molecule has 3 rings (SSSR count). The number of pyridine rings is 1. The van der Waals surface area contributed by atoms with Crippen molar-refractivity contribution >= 4 is 34.5 Å². The number of carbonyl (C=O) groups excluding carboxylic acids is 1. The van der Waals surface area contributed by atoms with Gasteiger partial charge >= 0.3 is 0 Å². The first-order valence-corrected chi connectivity index (χ1v) is 8.62. The van der Waals surface area contributed by atoms with Crippen molar-refractivity contribution in [2.45, 2.75) is 13.8 Å². The van der Waals surface area contributed by atoms with E-state index < -0.39 is 5.24 Å². The Morgan fingerprint density at radius 3 is 2.33 bits per heavy atom. The van der Waals surface area contributed by atoms with Crippen LogP contribution in [0.15, 0.2) is 36.5 Å². The third-order valence-electron chi connectivity index (χ3n) is 4.40. The maximum atomic E-state index is 11.2. The van der Waals surface area contributed by atoms with E-state index in [1.54, 1.807) is 44.7 Å². The molecule has 0 radical (unpaired) electrons. The fourth-order valence-electron chi connectivity index (χ4n) is 2.81. The molecule has 1 heterocycles. The third-order valence-corrected chi connectivity index (χ3v) is 4.50. The standard InChI is InChI=1S/C20H20N2O4S/c1-11-12(2)16(6-5-14(11)22-20(23)27)26-17-7-8-21-15-10-19(25-4)18(24-3)9-13(15)17/h5-10H,1-4H3,(H2,22,23,27)/p-1. The Kier molecular flexibility index (Phi) is 5.32. The number of carbonyl (C=O) groups is 1. The maximum Gasteiger partial charge on any atom is 0.162 e. The zero-order valence-corrected chi connectivity index (χ0v) is 16.3. The summed E-state index contributed by atoms with van der Waals surface area (Å²) in [5, 5.41) is 2.92. The number of nitrogens with one attached hydrogen (secondary N) is 1. The minimum atomic E-state index is -0.521. The van der Waals surface area contributed by atoms with E-state index in [4.69, 9.17) is 14.2 Å². The van der Waals surface area contributed by atoms with E-state index in [9.17, 15) is 4.79 Å². The topological polar surface area (TPSA) is 69.7 Å². The number of ether oxygens (including phenoxy) is 3. The molecular weight excluding hydrogens is 364 g/mol. The second-order valence-electron chi connectivity index (χ2n) is 5.91. The second-order valence-corrected chi connectivity index (χ2v) is 6.28. The van der Waals surface area contributed by atoms with Gasteiger partial charge in [-0.15, -0.1) is 0 Å². The van der Waals surface area contributed by atoms with E-state index >= 15 is 0 Å². The first-order valence-electron chi connectivity index (χ1n) is 8.21. The quantitative estimate of drug-likeness (QED) is 0.642. The zero-order chi connectivity index (χ0) is 19.6. The fourth-order valence-corrected chi connectivity index (χ4v) is 2.92. The summed E-state index contributed by atoms with van der Waals surface area (Å²) in [6, 6.07) is 9.01. The van der Waals surface area contributed by atoms with Crippen molar-refractivity contribution < 1.29 is 19.0 Å². The van der Waals surface area contributed by atoms with E-state index in [1.165, 1.54) is 0 Å². The number of fused-ring (bicyclic) bond motifs is 1. The Morgan fingerprint density at radius 2 is 1.67 bits per heavy atom. The minimum Gasteiger partial charge on any atom is -0.719 e. The van der Waals surface area contributed by atoms with Gasteiger partial charge in [-0.05, 0) is 49.2 Å². The lowest BCUT2D eigenvalue weighted by atomic mass is 10.1. The molecule has 0 aliphatic heterocycles. The van der Waals surface area contributed by atoms with Crippen LogP contribution in [0.2, 0.25) is 0 Å². The average molecular weight is 383 g/mol. The van der Waals surface area contributed by atoms with E-state index in [0.717, 1.165) is 22.0 Å². The van der Waals surface area contributed by atoms with Crippen LogP contribution in [0, 0.1) is 13.8 Å². The normalized spacial score (nSPS) is 10.5. The van der Waals surface area contributed by atoms with Crippen molar-refractivity contribution in [3.63, 3.8) is 0 Å². The number of amides is 1. The third kappa shape index (κ3) is 3.73. The number of nitrogens with zero attached hydrogens (tertiary/aromatic N) is 1. The van der Waals surface area contributed by atoms with Gasteiger partial charge in [-0.1, -0.05) is 0 Å². The molecule has 0 fully saturated rings. The summed E-state index contributed by atoms with van der Waals surface area (Å²) in [6.45, 7) is 3.83. The number of anilines is 1. The Hall–Kier alpha value is -3.06. The van der Waals surface area contributed by atoms with Crippen molar-refractivity contribution in [3.8, 4) is 23.0 Å². The van der Waals surface area contributed by atoms with Crippen LogP contribution in [0.5, 0.6) is 23.0 Å². The van der Waals surface area contributed by atoms with Crippen LogP contribution in [0.3, 0.4) is 0 Å². The van der Waals surface area contributed by atoms with Crippen molar-refractivity contribution in [1.82, 2.24) is 4.98 Å². The molecule has 0 bridgehead atoms. The molecule has 0 aliphatic carbocycles. The number of aromatic nitrogens is 1. The lowest BCUT2D eigenvalue weighted by Crippen LogP contribution is -2.07. The number of rotatable bonds is 5. The summed E-state index contributed by atoms with van der Waals surface area (Å²) in [6.07, 6.45) is 1.68. The molecule has 0 spiro atoms. The molecule has 140 valence electrons. The Morgan fingerprint density at radius 1 is 0.963 bits per heavy atom. The zero-order valence-electron chi connectivity index (χ0n) is 15.5. The average Bonchev–Trinajstić information content (AvgIpc) is 2.66. The highest BCUT2D eigenvalue weighted by Gasteiger charge is 2.13. The minimum absolute atomic E-state index is 0.521. The number of hydrogen-bond donors (Lipinski definition) is 1. The van der Waals surface area contributed by atoms with Gasteiger partial charge in [0.2, 0.25) is 0 Å². The first-order chi connectivity index (χ1) is 12.9. The summed E-state index contributed by atoms with van der Waals surface area (Å²) in [5.74, 6) is 2.52. The lowest BCUT2D eigenvalue weighted by Gasteiger charge is -2.17. The number of benzene rings is 2. The Balaban J connectivity index is 2.04. The van der Waals surface area contributed by atoms with E-state index in [2.05, 4.69) is 22.9 Å². The van der Waals surface area contributed by atoms with Crippen LogP contribution in [-0.2, 0) is 12.6 Å². The fraction of sp³-hybridized carbons (Fsp3) is 0.200. The van der Waals surface area contributed by atoms with Crippen molar-refractivity contribution in [1.29, 1.82) is 0 Å². The van der Waals surface area contributed by atoms with Crippen molar-refractivity contribution in [3.05, 3.63) is 47.7 Å². The lowest BCUT2D eigenvalue weighted by molar-refractivity contribution is 0.270. The Bertz CT molecular complexity index is 1020. The van der Waals surface area contributed by atoms with Crippen LogP contribution in [0.25, 0.3) is 10.9 Å².